The number of amides is 2. The van der Waals surface area contributed by atoms with Gasteiger partial charge in [0.05, 0.1) is 17.8 Å². The molecule has 0 aromatic carbocycles. The molecule has 2 aromatic rings. The second-order valence-corrected chi connectivity index (χ2v) is 7.48. The molecule has 0 radical (unpaired) electrons. The van der Waals surface area contributed by atoms with Crippen LogP contribution < -0.4 is 4.90 Å². The van der Waals surface area contributed by atoms with E-state index >= 15 is 0 Å². The monoisotopic (exact) mass is 394 g/mol. The summed E-state index contributed by atoms with van der Waals surface area (Å²) in [5.41, 5.74) is 0.610. The van der Waals surface area contributed by atoms with E-state index in [0.717, 1.165) is 16.2 Å². The van der Waals surface area contributed by atoms with E-state index in [2.05, 4.69) is 9.97 Å². The molecule has 0 saturated carbocycles. The van der Waals surface area contributed by atoms with Gasteiger partial charge in [-0.1, -0.05) is 0 Å². The highest BCUT2D eigenvalue weighted by atomic mass is 32.1. The first-order valence-corrected chi connectivity index (χ1v) is 9.36. The molecular weight excluding hydrogens is 378 g/mol. The number of alkyl halides is 1. The van der Waals surface area contributed by atoms with E-state index in [1.165, 1.54) is 6.07 Å². The van der Waals surface area contributed by atoms with Gasteiger partial charge in [0.1, 0.15) is 21.9 Å². The number of fused-ring (bicyclic) bond motifs is 1. The molecule has 1 fully saturated rings. The Kier molecular flexibility index (Phi) is 4.50. The molecule has 10 heteroatoms. The number of thiazole rings is 1. The number of pyridine rings is 1. The number of nitrogens with zero attached hydrogens (tertiary/aromatic N) is 4. The van der Waals surface area contributed by atoms with Gasteiger partial charge in [0.25, 0.3) is 5.91 Å². The maximum atomic E-state index is 14.6. The normalized spacial score (nSPS) is 19.9. The Morgan fingerprint density at radius 3 is 2.81 bits per heavy atom. The lowest BCUT2D eigenvalue weighted by Gasteiger charge is -2.29. The van der Waals surface area contributed by atoms with Gasteiger partial charge < -0.3 is 10.0 Å². The summed E-state index contributed by atoms with van der Waals surface area (Å²) in [7, 11) is 0. The van der Waals surface area contributed by atoms with E-state index < -0.39 is 24.1 Å². The van der Waals surface area contributed by atoms with Crippen molar-refractivity contribution in [2.24, 2.45) is 0 Å². The van der Waals surface area contributed by atoms with Crippen LogP contribution in [0.2, 0.25) is 0 Å². The Morgan fingerprint density at radius 1 is 1.30 bits per heavy atom. The van der Waals surface area contributed by atoms with Crippen molar-refractivity contribution in [3.63, 3.8) is 0 Å². The van der Waals surface area contributed by atoms with Crippen molar-refractivity contribution < 1.29 is 23.5 Å². The van der Waals surface area contributed by atoms with Gasteiger partial charge in [-0.25, -0.2) is 24.1 Å². The van der Waals surface area contributed by atoms with Crippen molar-refractivity contribution in [3.8, 4) is 10.6 Å². The number of carboxylic acid groups (broad SMARTS) is 1. The fourth-order valence-corrected chi connectivity index (χ4v) is 4.40. The number of anilines is 1. The fraction of sp³-hybridized carbons (Fsp3) is 0.412. The predicted molar refractivity (Wildman–Crippen MR) is 94.4 cm³/mol. The summed E-state index contributed by atoms with van der Waals surface area (Å²) in [5.74, 6) is -1.02. The van der Waals surface area contributed by atoms with Crippen LogP contribution >= 0.6 is 11.3 Å². The summed E-state index contributed by atoms with van der Waals surface area (Å²) < 4.78 is 28.2. The molecule has 4 heterocycles. The van der Waals surface area contributed by atoms with Crippen LogP contribution in [0.4, 0.5) is 19.4 Å². The first-order valence-electron chi connectivity index (χ1n) is 8.54. The molecule has 4 rings (SSSR count). The van der Waals surface area contributed by atoms with Gasteiger partial charge in [0.15, 0.2) is 0 Å². The summed E-state index contributed by atoms with van der Waals surface area (Å²) in [6, 6.07) is 3.13. The number of hydrogen-bond donors (Lipinski definition) is 1. The third-order valence-electron chi connectivity index (χ3n) is 4.69. The molecule has 7 nitrogen and oxygen atoms in total. The van der Waals surface area contributed by atoms with Crippen molar-refractivity contribution >= 4 is 29.2 Å². The summed E-state index contributed by atoms with van der Waals surface area (Å²) in [4.78, 5) is 34.2. The summed E-state index contributed by atoms with van der Waals surface area (Å²) in [5, 5.41) is 9.34. The predicted octanol–water partition coefficient (Wildman–Crippen LogP) is 2.96. The summed E-state index contributed by atoms with van der Waals surface area (Å²) >= 11 is 0.954. The molecule has 2 aliphatic rings. The standard InChI is InChI=1S/C17H16F2N4O3S/c18-9-2-1-6-22(8-9)12-4-3-10(14(19)21-12)15-20-11-5-7-23(17(25)26)16(24)13(11)27-15/h3-4,9H,1-2,5-8H2,(H,25,26). The van der Waals surface area contributed by atoms with Gasteiger partial charge in [0.2, 0.25) is 5.95 Å². The molecule has 27 heavy (non-hydrogen) atoms. The molecule has 0 aliphatic carbocycles. The number of carbonyl (C=O) groups is 2. The first kappa shape index (κ1) is 17.8. The zero-order chi connectivity index (χ0) is 19.1. The lowest BCUT2D eigenvalue weighted by atomic mass is 10.1. The molecule has 2 aromatic heterocycles. The van der Waals surface area contributed by atoms with E-state index in [9.17, 15) is 18.4 Å². The molecule has 0 bridgehead atoms. The maximum Gasteiger partial charge on any atom is 0.414 e. The fourth-order valence-electron chi connectivity index (χ4n) is 3.32. The average molecular weight is 394 g/mol. The van der Waals surface area contributed by atoms with Crippen molar-refractivity contribution in [2.45, 2.75) is 25.4 Å². The zero-order valence-electron chi connectivity index (χ0n) is 14.2. The Morgan fingerprint density at radius 2 is 2.11 bits per heavy atom. The Bertz CT molecular complexity index is 920. The second kappa shape index (κ2) is 6.84. The summed E-state index contributed by atoms with van der Waals surface area (Å²) in [6.45, 7) is 0.845. The molecular formula is C17H16F2N4O3S. The third-order valence-corrected chi connectivity index (χ3v) is 5.81. The Balaban J connectivity index is 1.62. The van der Waals surface area contributed by atoms with Crippen LogP contribution in [0, 0.1) is 5.95 Å². The van der Waals surface area contributed by atoms with E-state index in [0.29, 0.717) is 37.3 Å². The number of carbonyl (C=O) groups excluding carboxylic acids is 1. The molecule has 1 unspecified atom stereocenters. The van der Waals surface area contributed by atoms with Crippen LogP contribution in [0.1, 0.15) is 28.2 Å². The Labute approximate surface area is 157 Å². The molecule has 2 aliphatic heterocycles. The quantitative estimate of drug-likeness (QED) is 0.788. The third kappa shape index (κ3) is 3.25. The van der Waals surface area contributed by atoms with Crippen LogP contribution in [-0.2, 0) is 6.42 Å². The maximum absolute atomic E-state index is 14.6. The highest BCUT2D eigenvalue weighted by Crippen LogP contribution is 2.33. The van der Waals surface area contributed by atoms with Crippen LogP contribution in [0.5, 0.6) is 0 Å². The van der Waals surface area contributed by atoms with Crippen molar-refractivity contribution in [1.29, 1.82) is 0 Å². The van der Waals surface area contributed by atoms with Gasteiger partial charge in [-0.15, -0.1) is 11.3 Å². The molecule has 1 N–H and O–H groups in total. The number of imide groups is 1. The number of piperidine rings is 1. The van der Waals surface area contributed by atoms with E-state index in [-0.39, 0.29) is 28.5 Å². The van der Waals surface area contributed by atoms with Gasteiger partial charge in [-0.05, 0) is 25.0 Å². The Hall–Kier alpha value is -2.62. The number of hydrogen-bond acceptors (Lipinski definition) is 6. The molecule has 142 valence electrons. The largest absolute Gasteiger partial charge is 0.465 e. The lowest BCUT2D eigenvalue weighted by Crippen LogP contribution is -2.40. The topological polar surface area (TPSA) is 86.6 Å². The molecule has 0 spiro atoms. The second-order valence-electron chi connectivity index (χ2n) is 6.48. The van der Waals surface area contributed by atoms with E-state index in [1.807, 2.05) is 0 Å². The minimum absolute atomic E-state index is 0.0311. The molecule has 1 saturated heterocycles. The van der Waals surface area contributed by atoms with E-state index in [1.54, 1.807) is 11.0 Å². The first-order chi connectivity index (χ1) is 12.9. The molecule has 1 atom stereocenters. The smallest absolute Gasteiger partial charge is 0.414 e. The number of rotatable bonds is 2. The summed E-state index contributed by atoms with van der Waals surface area (Å²) in [6.07, 6.45) is -0.776. The number of aromatic nitrogens is 2. The van der Waals surface area contributed by atoms with Gasteiger partial charge in [0, 0.05) is 19.5 Å². The van der Waals surface area contributed by atoms with Gasteiger partial charge in [-0.2, -0.15) is 4.39 Å². The van der Waals surface area contributed by atoms with Crippen LogP contribution in [0.15, 0.2) is 12.1 Å². The highest BCUT2D eigenvalue weighted by Gasteiger charge is 2.33. The lowest BCUT2D eigenvalue weighted by molar-refractivity contribution is 0.0731. The van der Waals surface area contributed by atoms with Gasteiger partial charge in [-0.3, -0.25) is 4.79 Å². The van der Waals surface area contributed by atoms with E-state index in [4.69, 9.17) is 5.11 Å². The minimum atomic E-state index is -1.31. The van der Waals surface area contributed by atoms with Crippen LogP contribution in [0.25, 0.3) is 10.6 Å². The van der Waals surface area contributed by atoms with Crippen LogP contribution in [0.3, 0.4) is 0 Å². The average Bonchev–Trinajstić information content (AvgIpc) is 3.06. The van der Waals surface area contributed by atoms with Crippen molar-refractivity contribution in [2.75, 3.05) is 24.5 Å². The zero-order valence-corrected chi connectivity index (χ0v) is 15.0. The number of halogens is 2. The van der Waals surface area contributed by atoms with Crippen molar-refractivity contribution in [3.05, 3.63) is 28.7 Å². The van der Waals surface area contributed by atoms with Gasteiger partial charge >= 0.3 is 6.09 Å². The SMILES string of the molecule is O=C(O)N1CCc2nc(-c3ccc(N4CCCC(F)C4)nc3F)sc2C1=O. The molecule has 2 amide bonds. The van der Waals surface area contributed by atoms with Crippen molar-refractivity contribution in [1.82, 2.24) is 14.9 Å². The minimum Gasteiger partial charge on any atom is -0.465 e. The highest BCUT2D eigenvalue weighted by molar-refractivity contribution is 7.17. The van der Waals surface area contributed by atoms with Crippen LogP contribution in [-0.4, -0.2) is 57.8 Å².